The predicted octanol–water partition coefficient (Wildman–Crippen LogP) is 5.24. The van der Waals surface area contributed by atoms with E-state index in [0.717, 1.165) is 50.6 Å². The van der Waals surface area contributed by atoms with Gasteiger partial charge in [0, 0.05) is 23.0 Å². The van der Waals surface area contributed by atoms with Crippen molar-refractivity contribution in [1.82, 2.24) is 5.32 Å². The summed E-state index contributed by atoms with van der Waals surface area (Å²) in [7, 11) is 0. The van der Waals surface area contributed by atoms with Crippen molar-refractivity contribution in [3.05, 3.63) is 52.7 Å². The van der Waals surface area contributed by atoms with Gasteiger partial charge in [0.2, 0.25) is 5.91 Å². The Labute approximate surface area is 175 Å². The first-order valence-corrected chi connectivity index (χ1v) is 11.4. The number of rotatable bonds is 5. The fraction of sp³-hybridized carbons (Fsp3) is 0.478. The molecule has 0 unspecified atom stereocenters. The molecule has 2 atom stereocenters. The summed E-state index contributed by atoms with van der Waals surface area (Å²) in [6.07, 6.45) is 6.84. The van der Waals surface area contributed by atoms with E-state index in [4.69, 9.17) is 4.74 Å². The molecule has 0 radical (unpaired) electrons. The van der Waals surface area contributed by atoms with E-state index in [1.807, 2.05) is 36.4 Å². The maximum absolute atomic E-state index is 13.3. The zero-order chi connectivity index (χ0) is 20.1. The van der Waals surface area contributed by atoms with Crippen LogP contribution in [0.4, 0.5) is 10.5 Å². The first-order chi connectivity index (χ1) is 14.2. The van der Waals surface area contributed by atoms with Crippen LogP contribution in [0, 0.1) is 0 Å². The molecule has 0 saturated heterocycles. The number of ether oxygens (including phenoxy) is 1. The van der Waals surface area contributed by atoms with Gasteiger partial charge in [-0.2, -0.15) is 0 Å². The number of carbonyl (C=O) groups is 2. The van der Waals surface area contributed by atoms with Crippen molar-refractivity contribution in [2.24, 2.45) is 0 Å². The minimum absolute atomic E-state index is 0.0585. The van der Waals surface area contributed by atoms with E-state index in [1.54, 1.807) is 11.3 Å². The number of carbonyl (C=O) groups excluding carboxylic acids is 2. The number of anilines is 1. The summed E-state index contributed by atoms with van der Waals surface area (Å²) in [4.78, 5) is 26.7. The van der Waals surface area contributed by atoms with Gasteiger partial charge in [-0.15, -0.1) is 11.3 Å². The van der Waals surface area contributed by atoms with Crippen molar-refractivity contribution < 1.29 is 14.3 Å². The lowest BCUT2D eigenvalue weighted by molar-refractivity contribution is -0.127. The van der Waals surface area contributed by atoms with E-state index < -0.39 is 6.09 Å². The average Bonchev–Trinajstić information content (AvgIpc) is 3.41. The number of amides is 2. The molecule has 2 aromatic rings. The Balaban J connectivity index is 1.33. The van der Waals surface area contributed by atoms with Crippen molar-refractivity contribution in [3.63, 3.8) is 0 Å². The van der Waals surface area contributed by atoms with Gasteiger partial charge in [0.05, 0.1) is 5.41 Å². The number of thiophene rings is 1. The molecule has 1 heterocycles. The van der Waals surface area contributed by atoms with Gasteiger partial charge in [-0.1, -0.05) is 37.1 Å². The lowest BCUT2D eigenvalue weighted by Crippen LogP contribution is -2.49. The number of para-hydroxylation sites is 1. The van der Waals surface area contributed by atoms with Gasteiger partial charge in [0.1, 0.15) is 6.10 Å². The molecule has 154 valence electrons. The SMILES string of the molecule is O=C(Nc1ccccc1)O[C@@H]1CCC[C@@H](NC(=O)C2(c3cccs3)CCCC2)C1. The second-order valence-electron chi connectivity index (χ2n) is 8.12. The molecule has 6 heteroatoms. The third-order valence-electron chi connectivity index (χ3n) is 6.14. The molecule has 2 N–H and O–H groups in total. The molecule has 1 aromatic heterocycles. The summed E-state index contributed by atoms with van der Waals surface area (Å²) in [5.41, 5.74) is 0.351. The van der Waals surface area contributed by atoms with E-state index >= 15 is 0 Å². The van der Waals surface area contributed by atoms with Crippen molar-refractivity contribution in [2.75, 3.05) is 5.32 Å². The topological polar surface area (TPSA) is 67.4 Å². The second kappa shape index (κ2) is 8.99. The van der Waals surface area contributed by atoms with Crippen LogP contribution in [0.3, 0.4) is 0 Å². The number of nitrogens with one attached hydrogen (secondary N) is 2. The minimum Gasteiger partial charge on any atom is -0.446 e. The maximum Gasteiger partial charge on any atom is 0.411 e. The lowest BCUT2D eigenvalue weighted by atomic mass is 9.82. The maximum atomic E-state index is 13.3. The number of hydrogen-bond acceptors (Lipinski definition) is 4. The summed E-state index contributed by atoms with van der Waals surface area (Å²) in [6, 6.07) is 13.5. The minimum atomic E-state index is -0.431. The van der Waals surface area contributed by atoms with Gasteiger partial charge >= 0.3 is 6.09 Å². The summed E-state index contributed by atoms with van der Waals surface area (Å²) in [5.74, 6) is 0.150. The van der Waals surface area contributed by atoms with E-state index in [-0.39, 0.29) is 23.5 Å². The van der Waals surface area contributed by atoms with E-state index in [0.29, 0.717) is 6.42 Å². The van der Waals surface area contributed by atoms with Gasteiger partial charge < -0.3 is 10.1 Å². The Kier molecular flexibility index (Phi) is 6.19. The Morgan fingerprint density at radius 3 is 2.52 bits per heavy atom. The first kappa shape index (κ1) is 20.0. The van der Waals surface area contributed by atoms with E-state index in [9.17, 15) is 9.59 Å². The van der Waals surface area contributed by atoms with Crippen LogP contribution in [0.1, 0.15) is 56.2 Å². The van der Waals surface area contributed by atoms with Crippen LogP contribution in [0.5, 0.6) is 0 Å². The Bertz CT molecular complexity index is 816. The molecule has 2 saturated carbocycles. The van der Waals surface area contributed by atoms with Crippen LogP contribution < -0.4 is 10.6 Å². The van der Waals surface area contributed by atoms with Crippen molar-refractivity contribution in [3.8, 4) is 0 Å². The van der Waals surface area contributed by atoms with Crippen LogP contribution in [0.2, 0.25) is 0 Å². The van der Waals surface area contributed by atoms with Crippen molar-refractivity contribution in [1.29, 1.82) is 0 Å². The Morgan fingerprint density at radius 1 is 1.00 bits per heavy atom. The molecule has 5 nitrogen and oxygen atoms in total. The third-order valence-corrected chi connectivity index (χ3v) is 7.21. The first-order valence-electron chi connectivity index (χ1n) is 10.5. The molecule has 1 aromatic carbocycles. The zero-order valence-electron chi connectivity index (χ0n) is 16.6. The number of benzene rings is 1. The van der Waals surface area contributed by atoms with Crippen molar-refractivity contribution >= 4 is 29.0 Å². The molecular weight excluding hydrogens is 384 g/mol. The summed E-state index contributed by atoms with van der Waals surface area (Å²) in [5, 5.41) is 8.12. The Hall–Kier alpha value is -2.34. The molecule has 2 aliphatic rings. The van der Waals surface area contributed by atoms with Gasteiger partial charge in [0.15, 0.2) is 0 Å². The van der Waals surface area contributed by atoms with Gasteiger partial charge in [-0.05, 0) is 55.7 Å². The summed E-state index contributed by atoms with van der Waals surface area (Å²) in [6.45, 7) is 0. The lowest BCUT2D eigenvalue weighted by Gasteiger charge is -2.33. The second-order valence-corrected chi connectivity index (χ2v) is 9.07. The quantitative estimate of drug-likeness (QED) is 0.706. The average molecular weight is 413 g/mol. The molecule has 4 rings (SSSR count). The van der Waals surface area contributed by atoms with Crippen LogP contribution in [0.25, 0.3) is 0 Å². The molecule has 0 aliphatic heterocycles. The van der Waals surface area contributed by atoms with E-state index in [1.165, 1.54) is 4.88 Å². The third kappa shape index (κ3) is 4.64. The van der Waals surface area contributed by atoms with Crippen LogP contribution >= 0.6 is 11.3 Å². The molecule has 2 amide bonds. The smallest absolute Gasteiger partial charge is 0.411 e. The van der Waals surface area contributed by atoms with Gasteiger partial charge in [0.25, 0.3) is 0 Å². The monoisotopic (exact) mass is 412 g/mol. The number of hydrogen-bond donors (Lipinski definition) is 2. The molecule has 0 spiro atoms. The molecule has 29 heavy (non-hydrogen) atoms. The van der Waals surface area contributed by atoms with E-state index in [2.05, 4.69) is 22.1 Å². The highest BCUT2D eigenvalue weighted by molar-refractivity contribution is 7.10. The van der Waals surface area contributed by atoms with Gasteiger partial charge in [-0.25, -0.2) is 4.79 Å². The molecular formula is C23H28N2O3S. The standard InChI is InChI=1S/C23H28N2O3S/c26-21(23(13-4-5-14-23)20-12-7-15-29-20)24-18-10-6-11-19(16-18)28-22(27)25-17-8-2-1-3-9-17/h1-3,7-9,12,15,18-19H,4-6,10-11,13-14,16H2,(H,24,26)(H,25,27)/t18-,19-/m1/s1. The van der Waals surface area contributed by atoms with Crippen LogP contribution in [-0.4, -0.2) is 24.1 Å². The fourth-order valence-electron chi connectivity index (χ4n) is 4.64. The highest BCUT2D eigenvalue weighted by Crippen LogP contribution is 2.43. The largest absolute Gasteiger partial charge is 0.446 e. The van der Waals surface area contributed by atoms with Gasteiger partial charge in [-0.3, -0.25) is 10.1 Å². The predicted molar refractivity (Wildman–Crippen MR) is 115 cm³/mol. The van der Waals surface area contributed by atoms with Crippen LogP contribution in [-0.2, 0) is 14.9 Å². The normalized spacial score (nSPS) is 23.3. The highest BCUT2D eigenvalue weighted by Gasteiger charge is 2.44. The fourth-order valence-corrected chi connectivity index (χ4v) is 5.62. The van der Waals surface area contributed by atoms with Crippen molar-refractivity contribution in [2.45, 2.75) is 68.9 Å². The van der Waals surface area contributed by atoms with Crippen LogP contribution in [0.15, 0.2) is 47.8 Å². The molecule has 0 bridgehead atoms. The summed E-state index contributed by atoms with van der Waals surface area (Å²) >= 11 is 1.68. The Morgan fingerprint density at radius 2 is 1.79 bits per heavy atom. The molecule has 2 aliphatic carbocycles. The molecule has 2 fully saturated rings. The zero-order valence-corrected chi connectivity index (χ0v) is 17.4. The highest BCUT2D eigenvalue weighted by atomic mass is 32.1. The summed E-state index contributed by atoms with van der Waals surface area (Å²) < 4.78 is 5.63.